The van der Waals surface area contributed by atoms with Crippen LogP contribution in [0.4, 0.5) is 0 Å². The molecular formula is C17H17Cl2NO2. The smallest absolute Gasteiger partial charge is 0.261 e. The lowest BCUT2D eigenvalue weighted by Gasteiger charge is -2.17. The van der Waals surface area contributed by atoms with Crippen LogP contribution < -0.4 is 10.1 Å². The van der Waals surface area contributed by atoms with Crippen LogP contribution in [0.3, 0.4) is 0 Å². The van der Waals surface area contributed by atoms with Crippen molar-refractivity contribution in [1.82, 2.24) is 5.32 Å². The van der Waals surface area contributed by atoms with E-state index in [4.69, 9.17) is 27.9 Å². The topological polar surface area (TPSA) is 38.3 Å². The van der Waals surface area contributed by atoms with E-state index >= 15 is 0 Å². The van der Waals surface area contributed by atoms with E-state index in [1.54, 1.807) is 12.1 Å². The fourth-order valence-corrected chi connectivity index (χ4v) is 2.26. The quantitative estimate of drug-likeness (QED) is 0.844. The molecule has 0 aliphatic carbocycles. The second-order valence-corrected chi connectivity index (χ2v) is 5.61. The number of rotatable bonds is 6. The van der Waals surface area contributed by atoms with Crippen molar-refractivity contribution in [3.8, 4) is 5.75 Å². The van der Waals surface area contributed by atoms with Gasteiger partial charge in [0.05, 0.1) is 10.0 Å². The van der Waals surface area contributed by atoms with Crippen molar-refractivity contribution in [3.63, 3.8) is 0 Å². The van der Waals surface area contributed by atoms with Crippen molar-refractivity contribution in [3.05, 3.63) is 64.1 Å². The Labute approximate surface area is 140 Å². The summed E-state index contributed by atoms with van der Waals surface area (Å²) in [6.07, 6.45) is 0.0624. The highest BCUT2D eigenvalue weighted by Gasteiger charge is 2.17. The molecule has 0 unspecified atom stereocenters. The molecule has 3 nitrogen and oxygen atoms in total. The number of hydrogen-bond acceptors (Lipinski definition) is 2. The average molecular weight is 338 g/mol. The molecule has 2 aromatic carbocycles. The SMILES string of the molecule is CC[C@@H](Oc1ccccc1)C(=O)NCc1ccc(Cl)c(Cl)c1. The molecule has 0 aliphatic heterocycles. The number of nitrogens with one attached hydrogen (secondary N) is 1. The minimum atomic E-state index is -0.523. The average Bonchev–Trinajstić information content (AvgIpc) is 2.54. The third-order valence-electron chi connectivity index (χ3n) is 3.14. The van der Waals surface area contributed by atoms with Gasteiger partial charge in [0, 0.05) is 6.54 Å². The highest BCUT2D eigenvalue weighted by molar-refractivity contribution is 6.42. The molecule has 2 aromatic rings. The fraction of sp³-hybridized carbons (Fsp3) is 0.235. The molecule has 22 heavy (non-hydrogen) atoms. The molecule has 1 atom stereocenters. The lowest BCUT2D eigenvalue weighted by molar-refractivity contribution is -0.128. The van der Waals surface area contributed by atoms with Crippen molar-refractivity contribution in [2.24, 2.45) is 0 Å². The zero-order chi connectivity index (χ0) is 15.9. The Morgan fingerprint density at radius 3 is 2.50 bits per heavy atom. The van der Waals surface area contributed by atoms with Crippen LogP contribution in [-0.2, 0) is 11.3 Å². The summed E-state index contributed by atoms with van der Waals surface area (Å²) in [4.78, 5) is 12.2. The third kappa shape index (κ3) is 4.65. The van der Waals surface area contributed by atoms with Crippen LogP contribution in [0.5, 0.6) is 5.75 Å². The minimum Gasteiger partial charge on any atom is -0.481 e. The molecule has 0 bridgehead atoms. The Kier molecular flexibility index (Phi) is 6.10. The van der Waals surface area contributed by atoms with Gasteiger partial charge in [0.1, 0.15) is 5.75 Å². The zero-order valence-electron chi connectivity index (χ0n) is 12.2. The molecule has 0 saturated carbocycles. The first kappa shape index (κ1) is 16.7. The molecule has 0 radical (unpaired) electrons. The summed E-state index contributed by atoms with van der Waals surface area (Å²) in [7, 11) is 0. The number of benzene rings is 2. The van der Waals surface area contributed by atoms with Gasteiger partial charge in [0.25, 0.3) is 5.91 Å². The van der Waals surface area contributed by atoms with Crippen molar-refractivity contribution >= 4 is 29.1 Å². The number of carbonyl (C=O) groups is 1. The first-order valence-electron chi connectivity index (χ1n) is 7.03. The van der Waals surface area contributed by atoms with Crippen LogP contribution in [-0.4, -0.2) is 12.0 Å². The predicted molar refractivity (Wildman–Crippen MR) is 89.5 cm³/mol. The molecular weight excluding hydrogens is 321 g/mol. The highest BCUT2D eigenvalue weighted by atomic mass is 35.5. The number of hydrogen-bond donors (Lipinski definition) is 1. The summed E-state index contributed by atoms with van der Waals surface area (Å²) < 4.78 is 5.70. The van der Waals surface area contributed by atoms with Crippen molar-refractivity contribution in [2.45, 2.75) is 26.0 Å². The van der Waals surface area contributed by atoms with Crippen molar-refractivity contribution in [1.29, 1.82) is 0 Å². The van der Waals surface area contributed by atoms with Gasteiger partial charge in [-0.2, -0.15) is 0 Å². The molecule has 0 spiro atoms. The van der Waals surface area contributed by atoms with Gasteiger partial charge in [-0.25, -0.2) is 0 Å². The maximum Gasteiger partial charge on any atom is 0.261 e. The zero-order valence-corrected chi connectivity index (χ0v) is 13.7. The van der Waals surface area contributed by atoms with Gasteiger partial charge in [-0.1, -0.05) is 54.4 Å². The number of ether oxygens (including phenoxy) is 1. The predicted octanol–water partition coefficient (Wildman–Crippen LogP) is 4.47. The fourth-order valence-electron chi connectivity index (χ4n) is 1.94. The maximum absolute atomic E-state index is 12.2. The summed E-state index contributed by atoms with van der Waals surface area (Å²) in [5, 5.41) is 3.82. The number of carbonyl (C=O) groups excluding carboxylic acids is 1. The number of para-hydroxylation sites is 1. The largest absolute Gasteiger partial charge is 0.481 e. The van der Waals surface area contributed by atoms with E-state index in [0.29, 0.717) is 28.8 Å². The van der Waals surface area contributed by atoms with Crippen LogP contribution in [0, 0.1) is 0 Å². The monoisotopic (exact) mass is 337 g/mol. The van der Waals surface area contributed by atoms with Gasteiger partial charge in [-0.15, -0.1) is 0 Å². The van der Waals surface area contributed by atoms with Gasteiger partial charge in [0.15, 0.2) is 6.10 Å². The standard InChI is InChI=1S/C17H17Cl2NO2/c1-2-16(22-13-6-4-3-5-7-13)17(21)20-11-12-8-9-14(18)15(19)10-12/h3-10,16H,2,11H2,1H3,(H,20,21)/t16-/m1/s1. The molecule has 116 valence electrons. The second-order valence-electron chi connectivity index (χ2n) is 4.79. The molecule has 1 amide bonds. The van der Waals surface area contributed by atoms with Crippen molar-refractivity contribution in [2.75, 3.05) is 0 Å². The lowest BCUT2D eigenvalue weighted by atomic mass is 10.2. The lowest BCUT2D eigenvalue weighted by Crippen LogP contribution is -2.37. The molecule has 0 aliphatic rings. The summed E-state index contributed by atoms with van der Waals surface area (Å²) >= 11 is 11.8. The summed E-state index contributed by atoms with van der Waals surface area (Å²) in [5.41, 5.74) is 0.886. The Balaban J connectivity index is 1.93. The molecule has 0 heterocycles. The minimum absolute atomic E-state index is 0.155. The molecule has 1 N–H and O–H groups in total. The summed E-state index contributed by atoms with van der Waals surface area (Å²) in [6, 6.07) is 14.6. The summed E-state index contributed by atoms with van der Waals surface area (Å²) in [5.74, 6) is 0.525. The first-order chi connectivity index (χ1) is 10.6. The van der Waals surface area contributed by atoms with E-state index in [-0.39, 0.29) is 5.91 Å². The van der Waals surface area contributed by atoms with Crippen molar-refractivity contribution < 1.29 is 9.53 Å². The summed E-state index contributed by atoms with van der Waals surface area (Å²) in [6.45, 7) is 2.29. The second kappa shape index (κ2) is 8.06. The first-order valence-corrected chi connectivity index (χ1v) is 7.79. The molecule has 5 heteroatoms. The Morgan fingerprint density at radius 2 is 1.86 bits per heavy atom. The van der Waals surface area contributed by atoms with E-state index in [1.807, 2.05) is 43.3 Å². The van der Waals surface area contributed by atoms with Gasteiger partial charge in [-0.05, 0) is 36.2 Å². The highest BCUT2D eigenvalue weighted by Crippen LogP contribution is 2.22. The van der Waals surface area contributed by atoms with E-state index in [2.05, 4.69) is 5.32 Å². The van der Waals surface area contributed by atoms with Gasteiger partial charge in [-0.3, -0.25) is 4.79 Å². The van der Waals surface area contributed by atoms with Crippen LogP contribution in [0.15, 0.2) is 48.5 Å². The third-order valence-corrected chi connectivity index (χ3v) is 3.87. The van der Waals surface area contributed by atoms with Gasteiger partial charge < -0.3 is 10.1 Å². The van der Waals surface area contributed by atoms with Crippen LogP contribution in [0.2, 0.25) is 10.0 Å². The Hall–Kier alpha value is -1.71. The molecule has 0 saturated heterocycles. The Bertz CT molecular complexity index is 632. The van der Waals surface area contributed by atoms with E-state index in [9.17, 15) is 4.79 Å². The number of halogens is 2. The molecule has 0 aromatic heterocycles. The van der Waals surface area contributed by atoms with E-state index in [1.165, 1.54) is 0 Å². The maximum atomic E-state index is 12.2. The normalized spacial score (nSPS) is 11.8. The van der Waals surface area contributed by atoms with E-state index in [0.717, 1.165) is 5.56 Å². The van der Waals surface area contributed by atoms with E-state index < -0.39 is 6.10 Å². The number of amides is 1. The van der Waals surface area contributed by atoms with Crippen LogP contribution in [0.1, 0.15) is 18.9 Å². The van der Waals surface area contributed by atoms with Gasteiger partial charge >= 0.3 is 0 Å². The van der Waals surface area contributed by atoms with Gasteiger partial charge in [0.2, 0.25) is 0 Å². The molecule has 0 fully saturated rings. The van der Waals surface area contributed by atoms with Crippen LogP contribution in [0.25, 0.3) is 0 Å². The molecule has 2 rings (SSSR count). The van der Waals surface area contributed by atoms with Crippen LogP contribution >= 0.6 is 23.2 Å². The Morgan fingerprint density at radius 1 is 1.14 bits per heavy atom.